The standard InChI is InChI=1S/C36H30Cl2F3N5O6/c1-44(2)20-8-4-18(5-9-20)42-43-19-6-10-21(11-7-19)46-30(48)24-14-13-23-26(28(24)31(46)49)17-34(37)32(50)45(3)33(51)35(34,38)29(23)25-16-22(12-15-27(25)47)52-36(39,40)41/h4-13,15-16,24,26,28-29,47H,14,17H2,1-3H3. The molecular formula is C36H30Cl2F3N5O6. The summed E-state index contributed by atoms with van der Waals surface area (Å²) in [7, 11) is 5.02. The van der Waals surface area contributed by atoms with E-state index in [-0.39, 0.29) is 24.1 Å². The van der Waals surface area contributed by atoms with Crippen molar-refractivity contribution in [2.45, 2.75) is 34.9 Å². The van der Waals surface area contributed by atoms with Crippen LogP contribution in [-0.2, 0) is 19.2 Å². The maximum atomic E-state index is 14.3. The number of anilines is 2. The van der Waals surface area contributed by atoms with E-state index in [0.29, 0.717) is 16.9 Å². The first kappa shape index (κ1) is 35.5. The highest BCUT2D eigenvalue weighted by atomic mass is 35.5. The number of alkyl halides is 5. The summed E-state index contributed by atoms with van der Waals surface area (Å²) in [4.78, 5) is 54.8. The molecular weight excluding hydrogens is 726 g/mol. The Morgan fingerprint density at radius 2 is 1.50 bits per heavy atom. The van der Waals surface area contributed by atoms with Crippen LogP contribution in [0.3, 0.4) is 0 Å². The fraction of sp³-hybridized carbons (Fsp3) is 0.333. The molecule has 7 rings (SSSR count). The molecule has 0 aromatic heterocycles. The number of halogens is 5. The van der Waals surface area contributed by atoms with Crippen molar-refractivity contribution in [1.29, 1.82) is 0 Å². The number of hydrogen-bond acceptors (Lipinski definition) is 9. The number of allylic oxidation sites excluding steroid dienone is 2. The number of carbonyl (C=O) groups is 4. The molecule has 4 aliphatic rings. The highest BCUT2D eigenvalue weighted by Gasteiger charge is 2.76. The van der Waals surface area contributed by atoms with Gasteiger partial charge in [-0.25, -0.2) is 0 Å². The van der Waals surface area contributed by atoms with E-state index in [1.54, 1.807) is 30.3 Å². The summed E-state index contributed by atoms with van der Waals surface area (Å²) in [5.74, 6) is -8.56. The summed E-state index contributed by atoms with van der Waals surface area (Å²) in [6, 6.07) is 16.4. The van der Waals surface area contributed by atoms with Gasteiger partial charge in [0.25, 0.3) is 11.8 Å². The van der Waals surface area contributed by atoms with E-state index in [1.807, 2.05) is 43.3 Å². The SMILES string of the molecule is CN1C(=O)C2(Cl)CC3C(=CCC4C(=O)N(c5ccc(N=Nc6ccc(N(C)C)cc6)cc5)C(=O)C43)C(c3cc(OC(F)(F)F)ccc3O)C2(Cl)C1=O. The molecule has 4 amide bonds. The smallest absolute Gasteiger partial charge is 0.508 e. The molecule has 3 fully saturated rings. The van der Waals surface area contributed by atoms with Crippen LogP contribution < -0.4 is 14.5 Å². The monoisotopic (exact) mass is 755 g/mol. The van der Waals surface area contributed by atoms with Gasteiger partial charge in [0, 0.05) is 38.3 Å². The van der Waals surface area contributed by atoms with Gasteiger partial charge in [0.05, 0.1) is 28.9 Å². The van der Waals surface area contributed by atoms with Crippen molar-refractivity contribution in [3.05, 3.63) is 83.9 Å². The number of likely N-dealkylation sites (tertiary alicyclic amines) is 1. The molecule has 2 heterocycles. The van der Waals surface area contributed by atoms with Gasteiger partial charge in [-0.15, -0.1) is 36.4 Å². The van der Waals surface area contributed by atoms with E-state index in [9.17, 15) is 37.5 Å². The summed E-state index contributed by atoms with van der Waals surface area (Å²) in [6.45, 7) is 0. The molecule has 2 aliphatic carbocycles. The van der Waals surface area contributed by atoms with Gasteiger partial charge in [-0.3, -0.25) is 29.0 Å². The number of azo groups is 1. The minimum atomic E-state index is -5.09. The lowest BCUT2D eigenvalue weighted by Gasteiger charge is -2.50. The molecule has 270 valence electrons. The van der Waals surface area contributed by atoms with Crippen molar-refractivity contribution in [2.75, 3.05) is 30.9 Å². The van der Waals surface area contributed by atoms with Gasteiger partial charge in [-0.2, -0.15) is 10.2 Å². The van der Waals surface area contributed by atoms with Crippen LogP contribution in [0.4, 0.5) is 35.9 Å². The number of phenolic OH excluding ortho intramolecular Hbond substituents is 1. The van der Waals surface area contributed by atoms with Gasteiger partial charge < -0.3 is 14.7 Å². The third-order valence-corrected chi connectivity index (χ3v) is 11.7. The van der Waals surface area contributed by atoms with E-state index >= 15 is 0 Å². The number of rotatable bonds is 6. The Labute approximate surface area is 305 Å². The van der Waals surface area contributed by atoms with E-state index < -0.39 is 74.9 Å². The number of carbonyl (C=O) groups excluding carboxylic acids is 4. The molecule has 16 heteroatoms. The van der Waals surface area contributed by atoms with Crippen molar-refractivity contribution in [2.24, 2.45) is 28.0 Å². The second-order valence-electron chi connectivity index (χ2n) is 13.4. The average molecular weight is 757 g/mol. The molecule has 1 N–H and O–H groups in total. The number of aromatic hydroxyl groups is 1. The molecule has 2 saturated heterocycles. The second-order valence-corrected chi connectivity index (χ2v) is 14.6. The normalized spacial score (nSPS) is 28.6. The fourth-order valence-electron chi connectivity index (χ4n) is 7.91. The zero-order valence-corrected chi connectivity index (χ0v) is 29.3. The van der Waals surface area contributed by atoms with Crippen molar-refractivity contribution in [3.63, 3.8) is 0 Å². The van der Waals surface area contributed by atoms with Crippen LogP contribution in [0.15, 0.2) is 88.6 Å². The molecule has 6 atom stereocenters. The summed E-state index contributed by atoms with van der Waals surface area (Å²) in [5.41, 5.74) is 2.37. The lowest BCUT2D eigenvalue weighted by Crippen LogP contribution is -2.60. The molecule has 52 heavy (non-hydrogen) atoms. The number of imide groups is 2. The van der Waals surface area contributed by atoms with Crippen molar-refractivity contribution in [1.82, 2.24) is 4.90 Å². The van der Waals surface area contributed by atoms with Crippen molar-refractivity contribution in [3.8, 4) is 11.5 Å². The van der Waals surface area contributed by atoms with Gasteiger partial charge in [0.15, 0.2) is 9.75 Å². The Morgan fingerprint density at radius 1 is 0.885 bits per heavy atom. The second kappa shape index (κ2) is 12.3. The molecule has 0 spiro atoms. The Balaban J connectivity index is 1.23. The lowest BCUT2D eigenvalue weighted by atomic mass is 9.56. The Kier molecular flexibility index (Phi) is 8.41. The highest BCUT2D eigenvalue weighted by Crippen LogP contribution is 2.66. The van der Waals surface area contributed by atoms with Crippen LogP contribution in [0.2, 0.25) is 0 Å². The zero-order chi connectivity index (χ0) is 37.5. The number of benzene rings is 3. The van der Waals surface area contributed by atoms with Crippen LogP contribution in [0, 0.1) is 17.8 Å². The maximum absolute atomic E-state index is 14.3. The predicted molar refractivity (Wildman–Crippen MR) is 184 cm³/mol. The first-order valence-electron chi connectivity index (χ1n) is 16.1. The number of amides is 4. The quantitative estimate of drug-likeness (QED) is 0.125. The molecule has 0 radical (unpaired) electrons. The first-order chi connectivity index (χ1) is 24.5. The van der Waals surface area contributed by atoms with Crippen molar-refractivity contribution < 1.29 is 42.2 Å². The van der Waals surface area contributed by atoms with Crippen molar-refractivity contribution >= 4 is 69.6 Å². The summed E-state index contributed by atoms with van der Waals surface area (Å²) < 4.78 is 43.8. The van der Waals surface area contributed by atoms with Gasteiger partial charge in [-0.1, -0.05) is 11.6 Å². The molecule has 2 aliphatic heterocycles. The third kappa shape index (κ3) is 5.42. The van der Waals surface area contributed by atoms with Gasteiger partial charge in [0.1, 0.15) is 11.5 Å². The van der Waals surface area contributed by atoms with Crippen LogP contribution in [0.5, 0.6) is 11.5 Å². The predicted octanol–water partition coefficient (Wildman–Crippen LogP) is 6.97. The van der Waals surface area contributed by atoms with Crippen LogP contribution in [0.25, 0.3) is 0 Å². The van der Waals surface area contributed by atoms with Gasteiger partial charge in [-0.05, 0) is 85.5 Å². The lowest BCUT2D eigenvalue weighted by molar-refractivity contribution is -0.274. The number of hydrogen-bond donors (Lipinski definition) is 1. The zero-order valence-electron chi connectivity index (χ0n) is 27.8. The number of ether oxygens (including phenoxy) is 1. The summed E-state index contributed by atoms with van der Waals surface area (Å²) >= 11 is 14.2. The van der Waals surface area contributed by atoms with Crippen LogP contribution in [0.1, 0.15) is 24.3 Å². The minimum Gasteiger partial charge on any atom is -0.508 e. The largest absolute Gasteiger partial charge is 0.573 e. The Hall–Kier alpha value is -4.95. The molecule has 3 aromatic carbocycles. The fourth-order valence-corrected chi connectivity index (χ4v) is 8.92. The van der Waals surface area contributed by atoms with Gasteiger partial charge in [0.2, 0.25) is 11.8 Å². The average Bonchev–Trinajstić information content (AvgIpc) is 3.42. The van der Waals surface area contributed by atoms with Crippen LogP contribution >= 0.6 is 23.2 Å². The Bertz CT molecular complexity index is 2080. The number of fused-ring (bicyclic) bond motifs is 4. The van der Waals surface area contributed by atoms with Gasteiger partial charge >= 0.3 is 6.36 Å². The Morgan fingerprint density at radius 3 is 2.10 bits per heavy atom. The molecule has 1 saturated carbocycles. The van der Waals surface area contributed by atoms with E-state index in [2.05, 4.69) is 15.0 Å². The topological polar surface area (TPSA) is 132 Å². The number of phenols is 1. The number of nitrogens with zero attached hydrogens (tertiary/aromatic N) is 5. The molecule has 6 unspecified atom stereocenters. The highest BCUT2D eigenvalue weighted by molar-refractivity contribution is 6.53. The molecule has 11 nitrogen and oxygen atoms in total. The maximum Gasteiger partial charge on any atom is 0.573 e. The molecule has 0 bridgehead atoms. The summed E-state index contributed by atoms with van der Waals surface area (Å²) in [6.07, 6.45) is -3.81. The molecule has 3 aromatic rings. The third-order valence-electron chi connectivity index (χ3n) is 10.3. The summed E-state index contributed by atoms with van der Waals surface area (Å²) in [5, 5.41) is 19.5. The first-order valence-corrected chi connectivity index (χ1v) is 16.9. The van der Waals surface area contributed by atoms with E-state index in [4.69, 9.17) is 23.2 Å². The van der Waals surface area contributed by atoms with E-state index in [0.717, 1.165) is 33.7 Å². The van der Waals surface area contributed by atoms with Crippen LogP contribution in [-0.4, -0.2) is 70.9 Å². The van der Waals surface area contributed by atoms with E-state index in [1.165, 1.54) is 7.05 Å². The minimum absolute atomic E-state index is 0.00666.